The van der Waals surface area contributed by atoms with Gasteiger partial charge in [0.2, 0.25) is 0 Å². The van der Waals surface area contributed by atoms with Gasteiger partial charge >= 0.3 is 0 Å². The van der Waals surface area contributed by atoms with E-state index in [1.54, 1.807) is 0 Å². The molecule has 0 aromatic heterocycles. The molecule has 5 aliphatic carbocycles. The summed E-state index contributed by atoms with van der Waals surface area (Å²) < 4.78 is 0. The van der Waals surface area contributed by atoms with Crippen molar-refractivity contribution in [2.24, 2.45) is 44.8 Å². The Kier molecular flexibility index (Phi) is 3.94. The van der Waals surface area contributed by atoms with Gasteiger partial charge in [-0.05, 0) is 104 Å². The Morgan fingerprint density at radius 3 is 2.18 bits per heavy atom. The first-order chi connectivity index (χ1) is 13.0. The maximum absolute atomic E-state index is 11.2. The summed E-state index contributed by atoms with van der Waals surface area (Å²) in [7, 11) is 2.05. The van der Waals surface area contributed by atoms with Crippen LogP contribution in [0.1, 0.15) is 86.0 Å². The summed E-state index contributed by atoms with van der Waals surface area (Å²) in [6, 6.07) is 0.365. The van der Waals surface area contributed by atoms with Gasteiger partial charge in [0.15, 0.2) is 0 Å². The molecule has 5 fully saturated rings. The predicted molar refractivity (Wildman–Crippen MR) is 113 cm³/mol. The SMILES string of the molecule is CNC(C)C1C(O)CC2(C)C3CCC4C(C)(C)C(O)CCC45CC35CCC12C. The molecule has 0 aromatic rings. The van der Waals surface area contributed by atoms with Gasteiger partial charge in [-0.15, -0.1) is 0 Å². The Bertz CT molecular complexity index is 677. The van der Waals surface area contributed by atoms with Crippen LogP contribution in [-0.4, -0.2) is 35.5 Å². The first-order valence-corrected chi connectivity index (χ1v) is 12.0. The van der Waals surface area contributed by atoms with Gasteiger partial charge in [0, 0.05) is 12.0 Å². The van der Waals surface area contributed by atoms with Gasteiger partial charge in [0.05, 0.1) is 12.2 Å². The Morgan fingerprint density at radius 1 is 0.857 bits per heavy atom. The van der Waals surface area contributed by atoms with Crippen molar-refractivity contribution in [3.05, 3.63) is 0 Å². The fraction of sp³-hybridized carbons (Fsp3) is 1.00. The smallest absolute Gasteiger partial charge is 0.0594 e. The number of fused-ring (bicyclic) bond motifs is 2. The zero-order valence-electron chi connectivity index (χ0n) is 19.0. The summed E-state index contributed by atoms with van der Waals surface area (Å²) >= 11 is 0. The molecular formula is C25H43NO2. The van der Waals surface area contributed by atoms with Crippen LogP contribution in [0.3, 0.4) is 0 Å². The topological polar surface area (TPSA) is 52.5 Å². The van der Waals surface area contributed by atoms with E-state index in [1.807, 2.05) is 0 Å². The van der Waals surface area contributed by atoms with Crippen LogP contribution in [0.2, 0.25) is 0 Å². The van der Waals surface area contributed by atoms with Crippen LogP contribution >= 0.6 is 0 Å². The minimum atomic E-state index is -0.176. The van der Waals surface area contributed by atoms with Gasteiger partial charge in [-0.25, -0.2) is 0 Å². The first kappa shape index (κ1) is 19.8. The molecule has 5 saturated carbocycles. The van der Waals surface area contributed by atoms with Crippen LogP contribution in [0.25, 0.3) is 0 Å². The van der Waals surface area contributed by atoms with Crippen LogP contribution in [0.15, 0.2) is 0 Å². The van der Waals surface area contributed by atoms with E-state index in [-0.39, 0.29) is 28.5 Å². The van der Waals surface area contributed by atoms with E-state index in [2.05, 4.69) is 47.0 Å². The van der Waals surface area contributed by atoms with Crippen molar-refractivity contribution >= 4 is 0 Å². The lowest BCUT2D eigenvalue weighted by Crippen LogP contribution is -2.58. The third-order valence-corrected chi connectivity index (χ3v) is 12.1. The molecule has 0 bridgehead atoms. The van der Waals surface area contributed by atoms with Crippen molar-refractivity contribution in [1.29, 1.82) is 0 Å². The molecule has 3 heteroatoms. The van der Waals surface area contributed by atoms with Crippen LogP contribution in [0.4, 0.5) is 0 Å². The number of hydrogen-bond donors (Lipinski definition) is 3. The molecule has 0 heterocycles. The van der Waals surface area contributed by atoms with Gasteiger partial charge in [0.25, 0.3) is 0 Å². The summed E-state index contributed by atoms with van der Waals surface area (Å²) in [4.78, 5) is 0. The number of aliphatic hydroxyl groups is 2. The highest BCUT2D eigenvalue weighted by atomic mass is 16.3. The molecule has 3 nitrogen and oxygen atoms in total. The Hall–Kier alpha value is -0.120. The standard InChI is InChI=1S/C25H43NO2/c1-15(26-6)20-16(27)13-23(5)18-8-7-17-21(2,3)19(28)9-10-24(17)14-25(18,24)12-11-22(20,23)4/h15-20,26-28H,7-14H2,1-6H3. The molecule has 2 spiro atoms. The molecule has 0 aromatic carbocycles. The van der Waals surface area contributed by atoms with E-state index in [0.29, 0.717) is 28.7 Å². The van der Waals surface area contributed by atoms with Gasteiger partial charge in [0.1, 0.15) is 0 Å². The molecule has 5 rings (SSSR count). The highest BCUT2D eigenvalue weighted by Gasteiger charge is 2.82. The maximum atomic E-state index is 11.2. The average molecular weight is 390 g/mol. The Balaban J connectivity index is 1.54. The predicted octanol–water partition coefficient (Wildman–Crippen LogP) is 4.37. The largest absolute Gasteiger partial charge is 0.393 e. The summed E-state index contributed by atoms with van der Waals surface area (Å²) in [5.74, 6) is 1.80. The summed E-state index contributed by atoms with van der Waals surface area (Å²) in [6.07, 6.45) is 9.53. The second-order valence-corrected chi connectivity index (χ2v) is 12.8. The Morgan fingerprint density at radius 2 is 1.50 bits per heavy atom. The average Bonchev–Trinajstić information content (AvgIpc) is 3.24. The van der Waals surface area contributed by atoms with E-state index in [9.17, 15) is 10.2 Å². The molecule has 0 saturated heterocycles. The fourth-order valence-electron chi connectivity index (χ4n) is 10.5. The molecule has 5 aliphatic rings. The fourth-order valence-corrected chi connectivity index (χ4v) is 10.5. The Labute approximate surface area is 172 Å². The van der Waals surface area contributed by atoms with Crippen LogP contribution in [-0.2, 0) is 0 Å². The number of rotatable bonds is 2. The molecule has 0 radical (unpaired) electrons. The van der Waals surface area contributed by atoms with Crippen molar-refractivity contribution in [1.82, 2.24) is 5.32 Å². The minimum Gasteiger partial charge on any atom is -0.393 e. The van der Waals surface area contributed by atoms with E-state index < -0.39 is 0 Å². The number of aliphatic hydroxyl groups excluding tert-OH is 2. The van der Waals surface area contributed by atoms with Gasteiger partial charge < -0.3 is 15.5 Å². The molecule has 10 atom stereocenters. The van der Waals surface area contributed by atoms with Crippen LogP contribution in [0, 0.1) is 44.8 Å². The van der Waals surface area contributed by atoms with E-state index in [1.165, 1.54) is 38.5 Å². The zero-order valence-corrected chi connectivity index (χ0v) is 19.0. The highest BCUT2D eigenvalue weighted by Crippen LogP contribution is 2.88. The lowest BCUT2D eigenvalue weighted by Gasteiger charge is -2.63. The van der Waals surface area contributed by atoms with Crippen LogP contribution < -0.4 is 5.32 Å². The first-order valence-electron chi connectivity index (χ1n) is 12.0. The van der Waals surface area contributed by atoms with Gasteiger partial charge in [-0.3, -0.25) is 0 Å². The summed E-state index contributed by atoms with van der Waals surface area (Å²) in [5.41, 5.74) is 1.52. The summed E-state index contributed by atoms with van der Waals surface area (Å²) in [6.45, 7) is 12.0. The lowest BCUT2D eigenvalue weighted by atomic mass is 9.42. The number of nitrogens with one attached hydrogen (secondary N) is 1. The normalized spacial score (nSPS) is 60.2. The molecular weight excluding hydrogens is 346 g/mol. The molecule has 0 aliphatic heterocycles. The van der Waals surface area contributed by atoms with E-state index >= 15 is 0 Å². The quantitative estimate of drug-likeness (QED) is 0.657. The molecule has 160 valence electrons. The third kappa shape index (κ3) is 1.94. The molecule has 0 amide bonds. The van der Waals surface area contributed by atoms with Crippen molar-refractivity contribution < 1.29 is 10.2 Å². The van der Waals surface area contributed by atoms with Crippen LogP contribution in [0.5, 0.6) is 0 Å². The number of hydrogen-bond acceptors (Lipinski definition) is 3. The molecule has 28 heavy (non-hydrogen) atoms. The second kappa shape index (κ2) is 5.56. The zero-order chi connectivity index (χ0) is 20.3. The monoisotopic (exact) mass is 389 g/mol. The molecule has 3 N–H and O–H groups in total. The van der Waals surface area contributed by atoms with Crippen molar-refractivity contribution in [3.8, 4) is 0 Å². The lowest BCUT2D eigenvalue weighted by molar-refractivity contribution is -0.160. The van der Waals surface area contributed by atoms with Gasteiger partial charge in [-0.1, -0.05) is 27.7 Å². The van der Waals surface area contributed by atoms with Crippen molar-refractivity contribution in [2.45, 2.75) is 104 Å². The minimum absolute atomic E-state index is 0.0622. The maximum Gasteiger partial charge on any atom is 0.0594 e. The third-order valence-electron chi connectivity index (χ3n) is 12.1. The summed E-state index contributed by atoms with van der Waals surface area (Å²) in [5, 5.41) is 25.5. The second-order valence-electron chi connectivity index (χ2n) is 12.8. The van der Waals surface area contributed by atoms with Crippen molar-refractivity contribution in [3.63, 3.8) is 0 Å². The van der Waals surface area contributed by atoms with Crippen molar-refractivity contribution in [2.75, 3.05) is 7.05 Å². The highest BCUT2D eigenvalue weighted by molar-refractivity contribution is 5.31. The molecule has 10 unspecified atom stereocenters. The van der Waals surface area contributed by atoms with E-state index in [0.717, 1.165) is 18.8 Å². The van der Waals surface area contributed by atoms with E-state index in [4.69, 9.17) is 0 Å². The van der Waals surface area contributed by atoms with Gasteiger partial charge in [-0.2, -0.15) is 0 Å².